The summed E-state index contributed by atoms with van der Waals surface area (Å²) in [6.07, 6.45) is 14.1. The maximum atomic E-state index is 10.3. The molecule has 0 aromatic heterocycles. The van der Waals surface area contributed by atoms with Crippen LogP contribution in [0.15, 0.2) is 0 Å². The quantitative estimate of drug-likeness (QED) is 0.0849. The largest absolute Gasteiger partial charge is 4.00 e. The van der Waals surface area contributed by atoms with E-state index in [1.54, 1.807) is 0 Å². The molecule has 0 aromatic rings. The zero-order chi connectivity index (χ0) is 44.8. The van der Waals surface area contributed by atoms with Gasteiger partial charge in [-0.05, 0) is 95.8 Å². The number of carboxylic acids is 4. The van der Waals surface area contributed by atoms with Crippen molar-refractivity contribution < 1.29 is 60.7 Å². The molecule has 0 radical (unpaired) electrons. The number of aliphatic carboxylic acids is 4. The molecule has 0 rings (SSSR count). The molecule has 14 nitrogen and oxygen atoms in total. The summed E-state index contributed by atoms with van der Waals surface area (Å²) in [5, 5.41) is 41.3. The van der Waals surface area contributed by atoms with Gasteiger partial charge in [-0.25, -0.2) is 0 Å². The summed E-state index contributed by atoms with van der Waals surface area (Å²) in [7, 11) is 0. The Bertz CT molecular complexity index is 689. The molecule has 0 heterocycles. The van der Waals surface area contributed by atoms with Crippen molar-refractivity contribution in [1.82, 2.24) is 0 Å². The number of rotatable bonds is 23. The Morgan fingerprint density at radius 1 is 0.393 bits per heavy atom. The monoisotopic (exact) mass is 990 g/mol. The molecule has 0 saturated carbocycles. The van der Waals surface area contributed by atoms with Crippen LogP contribution in [0.2, 0.25) is 0 Å². The molecule has 0 bridgehead atoms. The summed E-state index contributed by atoms with van der Waals surface area (Å²) < 4.78 is 0. The summed E-state index contributed by atoms with van der Waals surface area (Å²) in [5.41, 5.74) is 30.6. The number of carbonyl (C=O) groups excluding carboxylic acids is 4. The summed E-state index contributed by atoms with van der Waals surface area (Å²) in [6.45, 7) is 23.1. The van der Waals surface area contributed by atoms with Gasteiger partial charge in [0.25, 0.3) is 0 Å². The molecule has 0 aliphatic carbocycles. The van der Waals surface area contributed by atoms with Crippen molar-refractivity contribution in [2.75, 3.05) is 19.6 Å². The van der Waals surface area contributed by atoms with E-state index in [-0.39, 0.29) is 62.9 Å². The number of unbranched alkanes of at least 4 members (excludes halogenated alkanes) is 4. The van der Waals surface area contributed by atoms with Crippen molar-refractivity contribution >= 4 is 23.9 Å². The maximum Gasteiger partial charge on any atom is 4.00 e. The second kappa shape index (κ2) is 57.7. The maximum absolute atomic E-state index is 10.3. The zero-order valence-corrected chi connectivity index (χ0v) is 39.8. The van der Waals surface area contributed by atoms with E-state index < -0.39 is 23.9 Å². The second-order valence-electron chi connectivity index (χ2n) is 13.9. The average molecular weight is 990 g/mol. The van der Waals surface area contributed by atoms with Gasteiger partial charge in [-0.1, -0.05) is 107 Å². The zero-order valence-electron chi connectivity index (χ0n) is 37.5. The van der Waals surface area contributed by atoms with E-state index in [0.29, 0.717) is 45.3 Å². The van der Waals surface area contributed by atoms with E-state index >= 15 is 0 Å². The third kappa shape index (κ3) is 70.2. The standard InChI is InChI=1S/4C8H16O2.3C3H10N2.Pt/c4*1-3-5-6-7(4-2)8(9)10;3*1-3(5)2-4;/h4*7H,3-6H2,1-2H3,(H,9,10);3*3H,2,4-5H2,1H3;/q;;;;;;;+4/p-4. The molecule has 12 N–H and O–H groups in total. The first kappa shape index (κ1) is 72.0. The third-order valence-corrected chi connectivity index (χ3v) is 8.04. The van der Waals surface area contributed by atoms with Crippen molar-refractivity contribution in [2.45, 2.75) is 197 Å². The molecule has 7 atom stereocenters. The molecule has 0 aliphatic rings. The third-order valence-electron chi connectivity index (χ3n) is 8.04. The number of hydrogen-bond donors (Lipinski definition) is 6. The van der Waals surface area contributed by atoms with Gasteiger partial charge in [0.1, 0.15) is 0 Å². The van der Waals surface area contributed by atoms with Crippen LogP contribution in [0.25, 0.3) is 0 Å². The SMILES string of the molecule is CC(N)CN.CC(N)CN.CC(N)CN.CCCCC(CC)C(=O)[O-].CCCCC(CC)C(=O)[O-].CCCCC(CC)C(=O)[O-].CCCCC(CC)C(=O)[O-].[Pt+4]. The first-order valence-corrected chi connectivity index (χ1v) is 20.9. The Hall–Kier alpha value is -1.67. The Labute approximate surface area is 358 Å². The number of nitrogens with two attached hydrogens (primary N) is 6. The van der Waals surface area contributed by atoms with E-state index in [9.17, 15) is 39.6 Å². The predicted molar refractivity (Wildman–Crippen MR) is 221 cm³/mol. The van der Waals surface area contributed by atoms with E-state index in [1.807, 2.05) is 48.5 Å². The Morgan fingerprint density at radius 2 is 0.518 bits per heavy atom. The van der Waals surface area contributed by atoms with Crippen LogP contribution < -0.4 is 54.8 Å². The number of carbonyl (C=O) groups is 4. The van der Waals surface area contributed by atoms with Crippen molar-refractivity contribution in [1.29, 1.82) is 0 Å². The molecule has 15 heteroatoms. The van der Waals surface area contributed by atoms with Gasteiger partial charge in [-0.15, -0.1) is 0 Å². The Kier molecular flexibility index (Phi) is 74.1. The van der Waals surface area contributed by atoms with Crippen LogP contribution in [0.4, 0.5) is 0 Å². The molecule has 342 valence electrons. The van der Waals surface area contributed by atoms with Crippen molar-refractivity contribution in [2.24, 2.45) is 58.1 Å². The summed E-state index contributed by atoms with van der Waals surface area (Å²) in [5.74, 6) is -4.46. The van der Waals surface area contributed by atoms with Gasteiger partial charge in [0.05, 0.1) is 0 Å². The molecule has 0 fully saturated rings. The molecule has 0 amide bonds. The van der Waals surface area contributed by atoms with Crippen LogP contribution in [0.3, 0.4) is 0 Å². The fourth-order valence-corrected chi connectivity index (χ4v) is 3.76. The summed E-state index contributed by atoms with van der Waals surface area (Å²) in [6, 6.07) is 0.486. The van der Waals surface area contributed by atoms with Crippen LogP contribution >= 0.6 is 0 Å². The molecular weight excluding hydrogens is 900 g/mol. The number of hydrogen-bond acceptors (Lipinski definition) is 14. The Morgan fingerprint density at radius 3 is 0.571 bits per heavy atom. The molecule has 56 heavy (non-hydrogen) atoms. The fraction of sp³-hybridized carbons (Fsp3) is 0.902. The minimum Gasteiger partial charge on any atom is -0.550 e. The normalized spacial score (nSPS) is 13.3. The number of carboxylic acid groups (broad SMARTS) is 4. The van der Waals surface area contributed by atoms with Gasteiger partial charge in [0, 0.05) is 61.6 Å². The Balaban J connectivity index is -0.0000000814. The van der Waals surface area contributed by atoms with Crippen molar-refractivity contribution in [3.63, 3.8) is 0 Å². The molecule has 0 saturated heterocycles. The first-order chi connectivity index (χ1) is 25.7. The van der Waals surface area contributed by atoms with E-state index in [2.05, 4.69) is 27.7 Å². The van der Waals surface area contributed by atoms with Crippen LogP contribution in [0, 0.1) is 23.7 Å². The molecule has 7 unspecified atom stereocenters. The van der Waals surface area contributed by atoms with Crippen LogP contribution in [0.5, 0.6) is 0 Å². The van der Waals surface area contributed by atoms with E-state index in [1.165, 1.54) is 0 Å². The molecular formula is C41H90N6O8Pt. The van der Waals surface area contributed by atoms with Crippen LogP contribution in [0.1, 0.15) is 179 Å². The predicted octanol–water partition coefficient (Wildman–Crippen LogP) is 1.69. The van der Waals surface area contributed by atoms with Crippen LogP contribution in [-0.2, 0) is 40.2 Å². The van der Waals surface area contributed by atoms with E-state index in [4.69, 9.17) is 34.4 Å². The fourth-order valence-electron chi connectivity index (χ4n) is 3.76. The summed E-state index contributed by atoms with van der Waals surface area (Å²) in [4.78, 5) is 41.3. The second-order valence-corrected chi connectivity index (χ2v) is 13.9. The minimum absolute atomic E-state index is 0. The molecule has 0 aliphatic heterocycles. The molecule has 0 spiro atoms. The molecule has 0 aromatic carbocycles. The summed E-state index contributed by atoms with van der Waals surface area (Å²) >= 11 is 0. The first-order valence-electron chi connectivity index (χ1n) is 20.9. The van der Waals surface area contributed by atoms with Crippen molar-refractivity contribution in [3.05, 3.63) is 0 Å². The topological polar surface area (TPSA) is 317 Å². The average Bonchev–Trinajstić information content (AvgIpc) is 3.14. The van der Waals surface area contributed by atoms with Crippen molar-refractivity contribution in [3.8, 4) is 0 Å². The van der Waals surface area contributed by atoms with Gasteiger partial charge in [0.15, 0.2) is 0 Å². The van der Waals surface area contributed by atoms with Crippen LogP contribution in [-0.4, -0.2) is 61.6 Å². The van der Waals surface area contributed by atoms with Gasteiger partial charge in [0.2, 0.25) is 0 Å². The smallest absolute Gasteiger partial charge is 0.550 e. The van der Waals surface area contributed by atoms with Gasteiger partial charge >= 0.3 is 21.1 Å². The van der Waals surface area contributed by atoms with Gasteiger partial charge in [-0.3, -0.25) is 0 Å². The minimum atomic E-state index is -0.893. The van der Waals surface area contributed by atoms with Gasteiger partial charge in [-0.2, -0.15) is 0 Å². The van der Waals surface area contributed by atoms with Gasteiger partial charge < -0.3 is 74.0 Å². The van der Waals surface area contributed by atoms with E-state index in [0.717, 1.165) is 77.0 Å².